The van der Waals surface area contributed by atoms with E-state index in [2.05, 4.69) is 50.5 Å². The van der Waals surface area contributed by atoms with Crippen LogP contribution in [0.1, 0.15) is 33.4 Å². The van der Waals surface area contributed by atoms with Crippen molar-refractivity contribution in [1.29, 1.82) is 0 Å². The van der Waals surface area contributed by atoms with Crippen molar-refractivity contribution in [1.82, 2.24) is 0 Å². The summed E-state index contributed by atoms with van der Waals surface area (Å²) in [5.41, 5.74) is 8.86. The van der Waals surface area contributed by atoms with E-state index in [0.29, 0.717) is 0 Å². The van der Waals surface area contributed by atoms with E-state index in [1.807, 2.05) is 0 Å². The fourth-order valence-electron chi connectivity index (χ4n) is 2.05. The number of hydrogen-bond donors (Lipinski definition) is 0. The van der Waals surface area contributed by atoms with Crippen LogP contribution in [-0.2, 0) is 6.42 Å². The van der Waals surface area contributed by atoms with Crippen molar-refractivity contribution < 1.29 is 0 Å². The fourth-order valence-corrected chi connectivity index (χ4v) is 2.44. The topological polar surface area (TPSA) is 0 Å². The van der Waals surface area contributed by atoms with Crippen LogP contribution in [0, 0.1) is 34.6 Å². The first kappa shape index (κ1) is 11.8. The highest BCUT2D eigenvalue weighted by Crippen LogP contribution is 2.26. The van der Waals surface area contributed by atoms with E-state index >= 15 is 0 Å². The Bertz CT molecular complexity index is 322. The van der Waals surface area contributed by atoms with Gasteiger partial charge in [0.1, 0.15) is 0 Å². The summed E-state index contributed by atoms with van der Waals surface area (Å²) >= 11 is 3.52. The van der Waals surface area contributed by atoms with Gasteiger partial charge in [-0.2, -0.15) is 0 Å². The number of benzene rings is 1. The van der Waals surface area contributed by atoms with E-state index in [4.69, 9.17) is 0 Å². The normalized spacial score (nSPS) is 10.7. The Morgan fingerprint density at radius 3 is 1.43 bits per heavy atom. The lowest BCUT2D eigenvalue weighted by Crippen LogP contribution is -2.03. The largest absolute Gasteiger partial charge is 0.0924 e. The maximum Gasteiger partial charge on any atom is 0.00720 e. The van der Waals surface area contributed by atoms with Gasteiger partial charge in [0.15, 0.2) is 0 Å². The van der Waals surface area contributed by atoms with Gasteiger partial charge < -0.3 is 0 Å². The van der Waals surface area contributed by atoms with E-state index < -0.39 is 0 Å². The Morgan fingerprint density at radius 1 is 0.714 bits per heavy atom. The standard InChI is InChI=1S/C13H19Br/c1-8-9(2)11(4)13(6-7-14)12(5)10(8)3/h6-7H2,1-5H3. The Hall–Kier alpha value is -0.300. The van der Waals surface area contributed by atoms with Crippen LogP contribution in [0.5, 0.6) is 0 Å². The Morgan fingerprint density at radius 2 is 1.07 bits per heavy atom. The second kappa shape index (κ2) is 4.48. The number of hydrogen-bond acceptors (Lipinski definition) is 0. The van der Waals surface area contributed by atoms with Crippen molar-refractivity contribution in [2.45, 2.75) is 41.0 Å². The molecule has 0 fully saturated rings. The van der Waals surface area contributed by atoms with Gasteiger partial charge in [0.2, 0.25) is 0 Å². The average Bonchev–Trinajstić information content (AvgIpc) is 2.19. The van der Waals surface area contributed by atoms with Gasteiger partial charge in [-0.15, -0.1) is 0 Å². The van der Waals surface area contributed by atoms with Crippen LogP contribution in [0.4, 0.5) is 0 Å². The third-order valence-electron chi connectivity index (χ3n) is 3.50. The van der Waals surface area contributed by atoms with Gasteiger partial charge in [-0.05, 0) is 74.4 Å². The lowest BCUT2D eigenvalue weighted by molar-refractivity contribution is 1.05. The summed E-state index contributed by atoms with van der Waals surface area (Å²) in [6.07, 6.45) is 1.14. The van der Waals surface area contributed by atoms with Gasteiger partial charge in [0, 0.05) is 5.33 Å². The molecule has 14 heavy (non-hydrogen) atoms. The second-order valence-electron chi connectivity index (χ2n) is 4.04. The predicted molar refractivity (Wildman–Crippen MR) is 67.6 cm³/mol. The molecule has 0 N–H and O–H groups in total. The molecule has 1 heteroatoms. The van der Waals surface area contributed by atoms with E-state index in [1.54, 1.807) is 0 Å². The van der Waals surface area contributed by atoms with Gasteiger partial charge >= 0.3 is 0 Å². The Balaban J connectivity index is 3.43. The van der Waals surface area contributed by atoms with Gasteiger partial charge in [-0.1, -0.05) is 15.9 Å². The van der Waals surface area contributed by atoms with Crippen LogP contribution in [0.2, 0.25) is 0 Å². The number of alkyl halides is 1. The monoisotopic (exact) mass is 254 g/mol. The summed E-state index contributed by atoms with van der Waals surface area (Å²) in [5.74, 6) is 0. The first-order valence-electron chi connectivity index (χ1n) is 5.12. The first-order valence-corrected chi connectivity index (χ1v) is 6.24. The summed E-state index contributed by atoms with van der Waals surface area (Å²) in [5, 5.41) is 1.05. The van der Waals surface area contributed by atoms with Crippen molar-refractivity contribution in [3.05, 3.63) is 33.4 Å². The molecule has 1 aromatic rings. The quantitative estimate of drug-likeness (QED) is 0.696. The van der Waals surface area contributed by atoms with E-state index in [1.165, 1.54) is 33.4 Å². The maximum absolute atomic E-state index is 3.52. The molecule has 0 aromatic heterocycles. The molecule has 0 radical (unpaired) electrons. The maximum atomic E-state index is 3.52. The van der Waals surface area contributed by atoms with Crippen molar-refractivity contribution in [2.24, 2.45) is 0 Å². The van der Waals surface area contributed by atoms with Gasteiger partial charge in [-0.3, -0.25) is 0 Å². The molecule has 0 amide bonds. The molecule has 0 heterocycles. The van der Waals surface area contributed by atoms with Gasteiger partial charge in [0.25, 0.3) is 0 Å². The molecule has 0 unspecified atom stereocenters. The Labute approximate surface area is 95.9 Å². The third kappa shape index (κ3) is 1.88. The molecule has 1 aromatic carbocycles. The molecule has 0 saturated carbocycles. The lowest BCUT2D eigenvalue weighted by atomic mass is 9.89. The lowest BCUT2D eigenvalue weighted by Gasteiger charge is -2.17. The van der Waals surface area contributed by atoms with Crippen molar-refractivity contribution in [2.75, 3.05) is 5.33 Å². The molecular formula is C13H19Br. The highest BCUT2D eigenvalue weighted by atomic mass is 79.9. The molecule has 0 saturated heterocycles. The molecule has 0 bridgehead atoms. The molecule has 0 aliphatic heterocycles. The second-order valence-corrected chi connectivity index (χ2v) is 4.84. The van der Waals surface area contributed by atoms with Crippen molar-refractivity contribution >= 4 is 15.9 Å². The summed E-state index contributed by atoms with van der Waals surface area (Å²) in [7, 11) is 0. The molecule has 78 valence electrons. The van der Waals surface area contributed by atoms with Crippen LogP contribution < -0.4 is 0 Å². The minimum atomic E-state index is 1.05. The fraction of sp³-hybridized carbons (Fsp3) is 0.538. The number of rotatable bonds is 2. The van der Waals surface area contributed by atoms with Crippen LogP contribution in [0.25, 0.3) is 0 Å². The zero-order chi connectivity index (χ0) is 10.9. The highest BCUT2D eigenvalue weighted by Gasteiger charge is 2.10. The first-order chi connectivity index (χ1) is 6.50. The molecular weight excluding hydrogens is 236 g/mol. The smallest absolute Gasteiger partial charge is 0.00720 e. The number of halogens is 1. The average molecular weight is 255 g/mol. The summed E-state index contributed by atoms with van der Waals surface area (Å²) in [4.78, 5) is 0. The highest BCUT2D eigenvalue weighted by molar-refractivity contribution is 9.09. The van der Waals surface area contributed by atoms with E-state index in [-0.39, 0.29) is 0 Å². The van der Waals surface area contributed by atoms with Crippen molar-refractivity contribution in [3.8, 4) is 0 Å². The minimum absolute atomic E-state index is 1.05. The van der Waals surface area contributed by atoms with Crippen molar-refractivity contribution in [3.63, 3.8) is 0 Å². The van der Waals surface area contributed by atoms with Crippen LogP contribution in [-0.4, -0.2) is 5.33 Å². The summed E-state index contributed by atoms with van der Waals surface area (Å²) in [6, 6.07) is 0. The van der Waals surface area contributed by atoms with Gasteiger partial charge in [0.05, 0.1) is 0 Å². The van der Waals surface area contributed by atoms with E-state index in [0.717, 1.165) is 11.8 Å². The minimum Gasteiger partial charge on any atom is -0.0924 e. The summed E-state index contributed by atoms with van der Waals surface area (Å²) < 4.78 is 0. The molecule has 0 spiro atoms. The van der Waals surface area contributed by atoms with E-state index in [9.17, 15) is 0 Å². The molecule has 0 atom stereocenters. The zero-order valence-corrected chi connectivity index (χ0v) is 11.4. The molecule has 0 aliphatic rings. The predicted octanol–water partition coefficient (Wildman–Crippen LogP) is 4.17. The molecule has 0 nitrogen and oxygen atoms in total. The zero-order valence-electron chi connectivity index (χ0n) is 9.79. The van der Waals surface area contributed by atoms with Crippen LogP contribution in [0.3, 0.4) is 0 Å². The third-order valence-corrected chi connectivity index (χ3v) is 3.90. The molecule has 1 rings (SSSR count). The Kier molecular flexibility index (Phi) is 3.77. The SMILES string of the molecule is Cc1c(C)c(C)c(CCBr)c(C)c1C. The van der Waals surface area contributed by atoms with Crippen LogP contribution >= 0.6 is 15.9 Å². The summed E-state index contributed by atoms with van der Waals surface area (Å²) in [6.45, 7) is 11.2. The van der Waals surface area contributed by atoms with Gasteiger partial charge in [-0.25, -0.2) is 0 Å². The molecule has 0 aliphatic carbocycles. The van der Waals surface area contributed by atoms with Crippen LogP contribution in [0.15, 0.2) is 0 Å².